The number of carbonyl (C=O) groups is 1. The first-order valence-corrected chi connectivity index (χ1v) is 5.61. The van der Waals surface area contributed by atoms with Gasteiger partial charge in [-0.3, -0.25) is 9.78 Å². The van der Waals surface area contributed by atoms with E-state index in [0.717, 1.165) is 5.56 Å². The van der Waals surface area contributed by atoms with E-state index in [4.69, 9.17) is 0 Å². The molecule has 0 aromatic carbocycles. The third-order valence-electron chi connectivity index (χ3n) is 1.88. The fraction of sp³-hybridized carbons (Fsp3) is 0.400. The van der Waals surface area contributed by atoms with Gasteiger partial charge in [0.2, 0.25) is 5.91 Å². The van der Waals surface area contributed by atoms with Crippen molar-refractivity contribution >= 4 is 21.8 Å². The lowest BCUT2D eigenvalue weighted by atomic mass is 10.1. The van der Waals surface area contributed by atoms with Gasteiger partial charge in [0.25, 0.3) is 0 Å². The van der Waals surface area contributed by atoms with Crippen LogP contribution in [-0.4, -0.2) is 16.2 Å². The molecule has 14 heavy (non-hydrogen) atoms. The Morgan fingerprint density at radius 2 is 2.50 bits per heavy atom. The third-order valence-corrected chi connectivity index (χ3v) is 2.28. The van der Waals surface area contributed by atoms with Gasteiger partial charge in [0, 0.05) is 24.1 Å². The van der Waals surface area contributed by atoms with Gasteiger partial charge >= 0.3 is 0 Å². The predicted molar refractivity (Wildman–Crippen MR) is 59.2 cm³/mol. The molecule has 0 aliphatic heterocycles. The maximum Gasteiger partial charge on any atom is 0.221 e. The number of rotatable bonds is 4. The summed E-state index contributed by atoms with van der Waals surface area (Å²) in [6.07, 6.45) is 3.99. The molecule has 0 saturated carbocycles. The molecule has 4 heteroatoms. The van der Waals surface area contributed by atoms with Crippen LogP contribution in [0, 0.1) is 0 Å². The lowest BCUT2D eigenvalue weighted by Crippen LogP contribution is -2.26. The number of nitrogens with one attached hydrogen (secondary N) is 1. The molecule has 0 bridgehead atoms. The fourth-order valence-corrected chi connectivity index (χ4v) is 1.48. The summed E-state index contributed by atoms with van der Waals surface area (Å²) in [4.78, 5) is 15.3. The molecule has 3 nitrogen and oxygen atoms in total. The number of carbonyl (C=O) groups excluding carboxylic acids is 1. The number of halogens is 1. The number of alkyl halides is 1. The van der Waals surface area contributed by atoms with Crippen molar-refractivity contribution in [2.24, 2.45) is 0 Å². The SMILES string of the molecule is CC(NC(=O)CCBr)c1cccnc1. The summed E-state index contributed by atoms with van der Waals surface area (Å²) in [6.45, 7) is 1.95. The van der Waals surface area contributed by atoms with E-state index in [0.29, 0.717) is 11.8 Å². The van der Waals surface area contributed by atoms with Gasteiger partial charge in [-0.2, -0.15) is 0 Å². The molecule has 1 unspecified atom stereocenters. The average molecular weight is 257 g/mol. The topological polar surface area (TPSA) is 42.0 Å². The number of hydrogen-bond donors (Lipinski definition) is 1. The van der Waals surface area contributed by atoms with Crippen LogP contribution in [-0.2, 0) is 4.79 Å². The summed E-state index contributed by atoms with van der Waals surface area (Å²) >= 11 is 3.22. The summed E-state index contributed by atoms with van der Waals surface area (Å²) in [5.74, 6) is 0.0539. The Morgan fingerprint density at radius 1 is 1.71 bits per heavy atom. The Labute approximate surface area is 92.1 Å². The Morgan fingerprint density at radius 3 is 3.07 bits per heavy atom. The van der Waals surface area contributed by atoms with Crippen molar-refractivity contribution in [2.45, 2.75) is 19.4 Å². The van der Waals surface area contributed by atoms with E-state index < -0.39 is 0 Å². The first-order valence-electron chi connectivity index (χ1n) is 4.49. The van der Waals surface area contributed by atoms with Crippen LogP contribution in [0.3, 0.4) is 0 Å². The number of amides is 1. The van der Waals surface area contributed by atoms with Gasteiger partial charge in [-0.05, 0) is 18.6 Å². The van der Waals surface area contributed by atoms with Crippen LogP contribution in [0.5, 0.6) is 0 Å². The second-order valence-electron chi connectivity index (χ2n) is 3.01. The van der Waals surface area contributed by atoms with E-state index in [2.05, 4.69) is 26.2 Å². The number of hydrogen-bond acceptors (Lipinski definition) is 2. The molecule has 1 amide bonds. The van der Waals surface area contributed by atoms with Crippen molar-refractivity contribution in [3.8, 4) is 0 Å². The van der Waals surface area contributed by atoms with Crippen LogP contribution in [0.1, 0.15) is 24.9 Å². The molecule has 1 aromatic rings. The maximum atomic E-state index is 11.3. The van der Waals surface area contributed by atoms with Gasteiger partial charge in [-0.25, -0.2) is 0 Å². The number of aromatic nitrogens is 1. The summed E-state index contributed by atoms with van der Waals surface area (Å²) < 4.78 is 0. The number of nitrogens with zero attached hydrogens (tertiary/aromatic N) is 1. The second-order valence-corrected chi connectivity index (χ2v) is 3.81. The summed E-state index contributed by atoms with van der Waals surface area (Å²) in [5.41, 5.74) is 1.02. The molecule has 1 heterocycles. The van der Waals surface area contributed by atoms with Crippen molar-refractivity contribution in [3.63, 3.8) is 0 Å². The van der Waals surface area contributed by atoms with Crippen molar-refractivity contribution in [3.05, 3.63) is 30.1 Å². The largest absolute Gasteiger partial charge is 0.350 e. The van der Waals surface area contributed by atoms with Crippen LogP contribution in [0.2, 0.25) is 0 Å². The second kappa shape index (κ2) is 5.75. The zero-order valence-electron chi connectivity index (χ0n) is 8.03. The van der Waals surface area contributed by atoms with Gasteiger partial charge in [0.1, 0.15) is 0 Å². The molecule has 76 valence electrons. The summed E-state index contributed by atoms with van der Waals surface area (Å²) in [7, 11) is 0. The Balaban J connectivity index is 2.50. The van der Waals surface area contributed by atoms with Crippen LogP contribution in [0.25, 0.3) is 0 Å². The van der Waals surface area contributed by atoms with Gasteiger partial charge in [-0.1, -0.05) is 22.0 Å². The highest BCUT2D eigenvalue weighted by molar-refractivity contribution is 9.09. The van der Waals surface area contributed by atoms with E-state index in [1.54, 1.807) is 12.4 Å². The molecule has 1 aromatic heterocycles. The highest BCUT2D eigenvalue weighted by atomic mass is 79.9. The normalized spacial score (nSPS) is 12.1. The summed E-state index contributed by atoms with van der Waals surface area (Å²) in [6, 6.07) is 3.84. The minimum atomic E-state index is 0.0234. The van der Waals surface area contributed by atoms with Gasteiger partial charge in [0.15, 0.2) is 0 Å². The first-order chi connectivity index (χ1) is 6.74. The zero-order chi connectivity index (χ0) is 10.4. The Hall–Kier alpha value is -0.900. The first kappa shape index (κ1) is 11.2. The lowest BCUT2D eigenvalue weighted by Gasteiger charge is -2.12. The van der Waals surface area contributed by atoms with Crippen LogP contribution < -0.4 is 5.32 Å². The molecule has 0 aliphatic carbocycles. The van der Waals surface area contributed by atoms with E-state index >= 15 is 0 Å². The monoisotopic (exact) mass is 256 g/mol. The predicted octanol–water partition coefficient (Wildman–Crippen LogP) is 2.04. The molecule has 0 spiro atoms. The Bertz CT molecular complexity index is 289. The minimum absolute atomic E-state index is 0.0234. The van der Waals surface area contributed by atoms with Gasteiger partial charge in [-0.15, -0.1) is 0 Å². The zero-order valence-corrected chi connectivity index (χ0v) is 9.62. The molecule has 1 rings (SSSR count). The molecule has 1 atom stereocenters. The lowest BCUT2D eigenvalue weighted by molar-refractivity contribution is -0.121. The van der Waals surface area contributed by atoms with Crippen molar-refractivity contribution in [1.82, 2.24) is 10.3 Å². The van der Waals surface area contributed by atoms with E-state index in [1.165, 1.54) is 0 Å². The van der Waals surface area contributed by atoms with Crippen LogP contribution in [0.4, 0.5) is 0 Å². The molecular formula is C10H13BrN2O. The van der Waals surface area contributed by atoms with E-state index in [-0.39, 0.29) is 11.9 Å². The molecule has 0 aliphatic rings. The molecule has 0 saturated heterocycles. The highest BCUT2D eigenvalue weighted by Crippen LogP contribution is 2.09. The number of pyridine rings is 1. The van der Waals surface area contributed by atoms with Crippen LogP contribution >= 0.6 is 15.9 Å². The smallest absolute Gasteiger partial charge is 0.221 e. The maximum absolute atomic E-state index is 11.3. The molecular weight excluding hydrogens is 244 g/mol. The quantitative estimate of drug-likeness (QED) is 0.839. The summed E-state index contributed by atoms with van der Waals surface area (Å²) in [5, 5.41) is 3.58. The molecule has 1 N–H and O–H groups in total. The van der Waals surface area contributed by atoms with Gasteiger partial charge in [0.05, 0.1) is 6.04 Å². The minimum Gasteiger partial charge on any atom is -0.350 e. The molecule has 0 radical (unpaired) electrons. The van der Waals surface area contributed by atoms with E-state index in [1.807, 2.05) is 19.1 Å². The standard InChI is InChI=1S/C10H13BrN2O/c1-8(13-10(14)4-5-11)9-3-2-6-12-7-9/h2-3,6-8H,4-5H2,1H3,(H,13,14). The fourth-order valence-electron chi connectivity index (χ4n) is 1.11. The Kier molecular flexibility index (Phi) is 4.59. The van der Waals surface area contributed by atoms with Gasteiger partial charge < -0.3 is 5.32 Å². The van der Waals surface area contributed by atoms with Crippen LogP contribution in [0.15, 0.2) is 24.5 Å². The van der Waals surface area contributed by atoms with E-state index in [9.17, 15) is 4.79 Å². The average Bonchev–Trinajstić information content (AvgIpc) is 2.19. The van der Waals surface area contributed by atoms with Crippen molar-refractivity contribution in [2.75, 3.05) is 5.33 Å². The molecule has 0 fully saturated rings. The van der Waals surface area contributed by atoms with Crippen molar-refractivity contribution in [1.29, 1.82) is 0 Å². The third kappa shape index (κ3) is 3.46. The highest BCUT2D eigenvalue weighted by Gasteiger charge is 2.07. The van der Waals surface area contributed by atoms with Crippen molar-refractivity contribution < 1.29 is 4.79 Å².